The fourth-order valence-corrected chi connectivity index (χ4v) is 1.37. The fourth-order valence-electron chi connectivity index (χ4n) is 1.17. The van der Waals surface area contributed by atoms with Crippen LogP contribution in [0, 0.1) is 5.82 Å². The first kappa shape index (κ1) is 7.55. The summed E-state index contributed by atoms with van der Waals surface area (Å²) in [6.45, 7) is 0. The maximum Gasteiger partial charge on any atom is 0.135 e. The third-order valence-electron chi connectivity index (χ3n) is 1.78. The first-order chi connectivity index (χ1) is 5.68. The van der Waals surface area contributed by atoms with E-state index in [0.717, 1.165) is 0 Å². The Morgan fingerprint density at radius 1 is 1.50 bits per heavy atom. The van der Waals surface area contributed by atoms with E-state index in [-0.39, 0.29) is 5.82 Å². The highest BCUT2D eigenvalue weighted by atomic mass is 35.5. The molecule has 0 amide bonds. The molecule has 0 saturated heterocycles. The lowest BCUT2D eigenvalue weighted by Gasteiger charge is -1.95. The highest BCUT2D eigenvalue weighted by Gasteiger charge is 2.05. The van der Waals surface area contributed by atoms with Crippen molar-refractivity contribution in [1.82, 2.24) is 9.78 Å². The summed E-state index contributed by atoms with van der Waals surface area (Å²) in [6.07, 6.45) is 1.49. The van der Waals surface area contributed by atoms with E-state index in [1.165, 1.54) is 12.3 Å². The molecule has 0 aliphatic rings. The SMILES string of the molecule is Cn1ncc2c(F)cc(Cl)cc21. The second-order valence-corrected chi connectivity index (χ2v) is 3.03. The molecule has 0 aliphatic carbocycles. The smallest absolute Gasteiger partial charge is 0.135 e. The van der Waals surface area contributed by atoms with Crippen LogP contribution in [-0.2, 0) is 7.05 Å². The number of nitrogens with zero attached hydrogens (tertiary/aromatic N) is 2. The molecule has 0 spiro atoms. The third kappa shape index (κ3) is 0.975. The van der Waals surface area contributed by atoms with Crippen LogP contribution in [0.5, 0.6) is 0 Å². The van der Waals surface area contributed by atoms with Gasteiger partial charge < -0.3 is 0 Å². The molecule has 1 aromatic carbocycles. The third-order valence-corrected chi connectivity index (χ3v) is 2.00. The molecule has 0 aliphatic heterocycles. The van der Waals surface area contributed by atoms with Crippen LogP contribution in [0.2, 0.25) is 5.02 Å². The number of hydrogen-bond acceptors (Lipinski definition) is 1. The molecular formula is C8H6ClFN2. The summed E-state index contributed by atoms with van der Waals surface area (Å²) < 4.78 is 14.7. The number of rotatable bonds is 0. The Bertz CT molecular complexity index is 436. The number of fused-ring (bicyclic) bond motifs is 1. The van der Waals surface area contributed by atoms with Crippen molar-refractivity contribution in [3.63, 3.8) is 0 Å². The van der Waals surface area contributed by atoms with Crippen LogP contribution in [0.15, 0.2) is 18.3 Å². The molecule has 0 N–H and O–H groups in total. The minimum Gasteiger partial charge on any atom is -0.268 e. The Kier molecular flexibility index (Phi) is 1.54. The molecule has 2 aromatic rings. The summed E-state index contributed by atoms with van der Waals surface area (Å²) in [5, 5.41) is 4.81. The van der Waals surface area contributed by atoms with Crippen molar-refractivity contribution in [1.29, 1.82) is 0 Å². The van der Waals surface area contributed by atoms with E-state index < -0.39 is 0 Å². The second-order valence-electron chi connectivity index (χ2n) is 2.59. The van der Waals surface area contributed by atoms with Gasteiger partial charge in [-0.2, -0.15) is 5.10 Å². The van der Waals surface area contributed by atoms with Gasteiger partial charge in [0.1, 0.15) is 5.82 Å². The largest absolute Gasteiger partial charge is 0.268 e. The van der Waals surface area contributed by atoms with Crippen LogP contribution >= 0.6 is 11.6 Å². The van der Waals surface area contributed by atoms with E-state index in [9.17, 15) is 4.39 Å². The van der Waals surface area contributed by atoms with Gasteiger partial charge in [-0.1, -0.05) is 11.6 Å². The van der Waals surface area contributed by atoms with Gasteiger partial charge in [-0.05, 0) is 12.1 Å². The zero-order valence-corrected chi connectivity index (χ0v) is 7.14. The van der Waals surface area contributed by atoms with Gasteiger partial charge in [0.2, 0.25) is 0 Å². The number of hydrogen-bond donors (Lipinski definition) is 0. The van der Waals surface area contributed by atoms with Gasteiger partial charge in [0.15, 0.2) is 0 Å². The Balaban J connectivity index is 2.92. The highest BCUT2D eigenvalue weighted by Crippen LogP contribution is 2.21. The summed E-state index contributed by atoms with van der Waals surface area (Å²) >= 11 is 5.67. The Labute approximate surface area is 73.6 Å². The molecule has 1 heterocycles. The van der Waals surface area contributed by atoms with Crippen LogP contribution in [0.3, 0.4) is 0 Å². The lowest BCUT2D eigenvalue weighted by molar-refractivity contribution is 0.640. The maximum absolute atomic E-state index is 13.1. The predicted molar refractivity (Wildman–Crippen MR) is 45.7 cm³/mol. The van der Waals surface area contributed by atoms with Crippen molar-refractivity contribution in [2.45, 2.75) is 0 Å². The van der Waals surface area contributed by atoms with Crippen LogP contribution in [0.4, 0.5) is 4.39 Å². The molecule has 4 heteroatoms. The molecule has 0 bridgehead atoms. The van der Waals surface area contributed by atoms with E-state index in [4.69, 9.17) is 11.6 Å². The molecular weight excluding hydrogens is 179 g/mol. The van der Waals surface area contributed by atoms with Crippen LogP contribution in [-0.4, -0.2) is 9.78 Å². The van der Waals surface area contributed by atoms with Gasteiger partial charge in [0.05, 0.1) is 17.1 Å². The van der Waals surface area contributed by atoms with Crippen molar-refractivity contribution < 1.29 is 4.39 Å². The molecule has 0 fully saturated rings. The van der Waals surface area contributed by atoms with E-state index >= 15 is 0 Å². The Morgan fingerprint density at radius 3 is 3.00 bits per heavy atom. The summed E-state index contributed by atoms with van der Waals surface area (Å²) in [5.74, 6) is -0.328. The van der Waals surface area contributed by atoms with Gasteiger partial charge >= 0.3 is 0 Å². The Morgan fingerprint density at radius 2 is 2.25 bits per heavy atom. The molecule has 2 rings (SSSR count). The van der Waals surface area contributed by atoms with Crippen molar-refractivity contribution in [2.24, 2.45) is 7.05 Å². The van der Waals surface area contributed by atoms with Crippen molar-refractivity contribution in [3.05, 3.63) is 29.2 Å². The van der Waals surface area contributed by atoms with Gasteiger partial charge in [0.25, 0.3) is 0 Å². The maximum atomic E-state index is 13.1. The van der Waals surface area contributed by atoms with Gasteiger partial charge in [-0.15, -0.1) is 0 Å². The van der Waals surface area contributed by atoms with Gasteiger partial charge in [-0.25, -0.2) is 4.39 Å². The van der Waals surface area contributed by atoms with Crippen molar-refractivity contribution in [2.75, 3.05) is 0 Å². The minimum atomic E-state index is -0.328. The van der Waals surface area contributed by atoms with Crippen LogP contribution in [0.25, 0.3) is 10.9 Å². The van der Waals surface area contributed by atoms with Crippen LogP contribution in [0.1, 0.15) is 0 Å². The summed E-state index contributed by atoms with van der Waals surface area (Å²) in [4.78, 5) is 0. The Hall–Kier alpha value is -1.09. The first-order valence-electron chi connectivity index (χ1n) is 3.45. The number of aryl methyl sites for hydroxylation is 1. The number of halogens is 2. The van der Waals surface area contributed by atoms with E-state index in [1.807, 2.05) is 0 Å². The summed E-state index contributed by atoms with van der Waals surface area (Å²) in [7, 11) is 1.75. The van der Waals surface area contributed by atoms with E-state index in [1.54, 1.807) is 17.8 Å². The van der Waals surface area contributed by atoms with Gasteiger partial charge in [-0.3, -0.25) is 4.68 Å². The van der Waals surface area contributed by atoms with Gasteiger partial charge in [0, 0.05) is 12.1 Å². The summed E-state index contributed by atoms with van der Waals surface area (Å²) in [6, 6.07) is 2.97. The minimum absolute atomic E-state index is 0.328. The molecule has 0 atom stereocenters. The monoisotopic (exact) mass is 184 g/mol. The zero-order valence-electron chi connectivity index (χ0n) is 6.38. The lowest BCUT2D eigenvalue weighted by Crippen LogP contribution is -1.88. The molecule has 2 nitrogen and oxygen atoms in total. The molecule has 12 heavy (non-hydrogen) atoms. The molecule has 0 radical (unpaired) electrons. The average molecular weight is 185 g/mol. The average Bonchev–Trinajstić information content (AvgIpc) is 2.33. The fraction of sp³-hybridized carbons (Fsp3) is 0.125. The van der Waals surface area contributed by atoms with Crippen molar-refractivity contribution in [3.8, 4) is 0 Å². The normalized spacial score (nSPS) is 10.9. The van der Waals surface area contributed by atoms with E-state index in [0.29, 0.717) is 15.9 Å². The molecule has 0 unspecified atom stereocenters. The lowest BCUT2D eigenvalue weighted by atomic mass is 10.2. The molecule has 0 saturated carbocycles. The van der Waals surface area contributed by atoms with E-state index in [2.05, 4.69) is 5.10 Å². The van der Waals surface area contributed by atoms with Crippen molar-refractivity contribution >= 4 is 22.5 Å². The second kappa shape index (κ2) is 2.45. The number of aromatic nitrogens is 2. The highest BCUT2D eigenvalue weighted by molar-refractivity contribution is 6.31. The quantitative estimate of drug-likeness (QED) is 0.615. The zero-order chi connectivity index (χ0) is 8.72. The standard InChI is InChI=1S/C8H6ClFN2/c1-12-8-3-5(9)2-7(10)6(8)4-11-12/h2-4H,1H3. The molecule has 1 aromatic heterocycles. The summed E-state index contributed by atoms with van der Waals surface area (Å²) in [5.41, 5.74) is 0.708. The molecule has 62 valence electrons. The number of benzene rings is 1. The first-order valence-corrected chi connectivity index (χ1v) is 3.83. The predicted octanol–water partition coefficient (Wildman–Crippen LogP) is 2.37. The topological polar surface area (TPSA) is 17.8 Å². The van der Waals surface area contributed by atoms with Crippen LogP contribution < -0.4 is 0 Å².